The maximum Gasteiger partial charge on any atom is 0.223 e. The van der Waals surface area contributed by atoms with Crippen molar-refractivity contribution < 1.29 is 19.2 Å². The van der Waals surface area contributed by atoms with Gasteiger partial charge in [0.2, 0.25) is 23.6 Å². The molecule has 0 aromatic rings. The molecule has 8 aliphatic rings. The molecule has 292 valence electrons. The Morgan fingerprint density at radius 1 is 0.300 bits per heavy atom. The Morgan fingerprint density at radius 3 is 1.04 bits per heavy atom. The zero-order chi connectivity index (χ0) is 32.1. The minimum absolute atomic E-state index is 0. The van der Waals surface area contributed by atoms with E-state index in [1.807, 2.05) is 0 Å². The van der Waals surface area contributed by atoms with Crippen LogP contribution in [0.4, 0.5) is 0 Å². The number of hydrogen-bond donors (Lipinski definition) is 4. The van der Waals surface area contributed by atoms with Crippen molar-refractivity contribution in [1.82, 2.24) is 21.3 Å². The number of hydrogen-bond acceptors (Lipinski definition) is 4. The standard InChI is InChI=1S/C11H19NO.C10H17NO.C9H15NO.C8H13NO.4CH4/c13-11-10-7-2-1-5-9(10)6-3-4-8-12-11;12-10-9-6-2-1-4-8(9)5-3-7-11-10;11-9-8-4-2-1-3-7(8)5-6-10-9;10-8-7-4-2-1-3-6(7)5-9-8;;;;/h9-10H,1-8H2,(H,12,13);8-9H,1-7H2,(H,11,12);7-8H,1-6H2,(H,10,11);6-7H,1-5H2,(H,9,10);4*1H4. The van der Waals surface area contributed by atoms with E-state index in [2.05, 4.69) is 21.3 Å². The van der Waals surface area contributed by atoms with E-state index in [0.29, 0.717) is 65.1 Å². The minimum Gasteiger partial charge on any atom is -0.356 e. The number of carbonyl (C=O) groups is 4. The van der Waals surface area contributed by atoms with E-state index in [1.165, 1.54) is 116 Å². The molecule has 4 heterocycles. The van der Waals surface area contributed by atoms with Gasteiger partial charge in [-0.3, -0.25) is 19.2 Å². The number of piperidine rings is 1. The fourth-order valence-electron chi connectivity index (χ4n) is 9.95. The number of rotatable bonds is 0. The first kappa shape index (κ1) is 45.9. The average Bonchev–Trinajstić information content (AvgIpc) is 3.36. The van der Waals surface area contributed by atoms with Crippen LogP contribution >= 0.6 is 0 Å². The van der Waals surface area contributed by atoms with Crippen LogP contribution in [0.3, 0.4) is 0 Å². The molecule has 0 spiro atoms. The molecule has 0 bridgehead atoms. The predicted molar refractivity (Wildman–Crippen MR) is 208 cm³/mol. The lowest BCUT2D eigenvalue weighted by Crippen LogP contribution is -2.43. The Bertz CT molecular complexity index is 1000. The molecule has 8 atom stereocenters. The van der Waals surface area contributed by atoms with E-state index in [0.717, 1.165) is 57.8 Å². The lowest BCUT2D eigenvalue weighted by Gasteiger charge is -2.34. The minimum atomic E-state index is 0. The van der Waals surface area contributed by atoms with Gasteiger partial charge >= 0.3 is 0 Å². The van der Waals surface area contributed by atoms with Crippen LogP contribution < -0.4 is 21.3 Å². The van der Waals surface area contributed by atoms with Gasteiger partial charge in [0, 0.05) is 49.9 Å². The molecule has 4 saturated heterocycles. The van der Waals surface area contributed by atoms with Crippen molar-refractivity contribution in [2.45, 2.75) is 171 Å². The van der Waals surface area contributed by atoms with Crippen LogP contribution in [-0.2, 0) is 19.2 Å². The highest BCUT2D eigenvalue weighted by molar-refractivity contribution is 5.81. The topological polar surface area (TPSA) is 116 Å². The summed E-state index contributed by atoms with van der Waals surface area (Å²) in [5.74, 6) is 5.59. The zero-order valence-electron chi connectivity index (χ0n) is 28.6. The number of carbonyl (C=O) groups excluding carboxylic acids is 4. The molecule has 0 radical (unpaired) electrons. The maximum atomic E-state index is 11.7. The summed E-state index contributed by atoms with van der Waals surface area (Å²) in [6.45, 7) is 3.68. The molecule has 4 amide bonds. The van der Waals surface area contributed by atoms with Crippen molar-refractivity contribution >= 4 is 23.6 Å². The highest BCUT2D eigenvalue weighted by atomic mass is 16.2. The Kier molecular flexibility index (Phi) is 22.2. The van der Waals surface area contributed by atoms with Crippen molar-refractivity contribution in [1.29, 1.82) is 0 Å². The van der Waals surface area contributed by atoms with Gasteiger partial charge < -0.3 is 21.3 Å². The third-order valence-corrected chi connectivity index (χ3v) is 12.7. The van der Waals surface area contributed by atoms with Crippen molar-refractivity contribution in [3.05, 3.63) is 0 Å². The quantitative estimate of drug-likeness (QED) is 0.202. The second kappa shape index (κ2) is 24.2. The first-order valence-electron chi connectivity index (χ1n) is 19.6. The fraction of sp³-hybridized carbons (Fsp3) is 0.905. The molecule has 4 N–H and O–H groups in total. The Morgan fingerprint density at radius 2 is 0.600 bits per heavy atom. The van der Waals surface area contributed by atoms with Crippen LogP contribution in [0.15, 0.2) is 0 Å². The zero-order valence-corrected chi connectivity index (χ0v) is 28.6. The molecule has 8 rings (SSSR count). The molecule has 50 heavy (non-hydrogen) atoms. The van der Waals surface area contributed by atoms with E-state index in [-0.39, 0.29) is 29.7 Å². The highest BCUT2D eigenvalue weighted by Crippen LogP contribution is 2.36. The van der Waals surface area contributed by atoms with Crippen LogP contribution in [0.25, 0.3) is 0 Å². The Hall–Kier alpha value is -2.12. The summed E-state index contributed by atoms with van der Waals surface area (Å²) in [5.41, 5.74) is 0. The summed E-state index contributed by atoms with van der Waals surface area (Å²) in [6.07, 6.45) is 27.5. The molecular weight excluding hydrogens is 624 g/mol. The van der Waals surface area contributed by atoms with Crippen LogP contribution in [-0.4, -0.2) is 49.8 Å². The second-order valence-electron chi connectivity index (χ2n) is 15.6. The predicted octanol–water partition coefficient (Wildman–Crippen LogP) is 8.58. The molecule has 4 aliphatic carbocycles. The van der Waals surface area contributed by atoms with Gasteiger partial charge in [-0.1, -0.05) is 87.5 Å². The van der Waals surface area contributed by atoms with Gasteiger partial charge in [0.05, 0.1) is 0 Å². The van der Waals surface area contributed by atoms with Crippen molar-refractivity contribution in [3.63, 3.8) is 0 Å². The smallest absolute Gasteiger partial charge is 0.223 e. The van der Waals surface area contributed by atoms with Gasteiger partial charge in [-0.05, 0) is 107 Å². The van der Waals surface area contributed by atoms with E-state index in [1.54, 1.807) is 0 Å². The van der Waals surface area contributed by atoms with Crippen molar-refractivity contribution in [2.24, 2.45) is 47.3 Å². The summed E-state index contributed by atoms with van der Waals surface area (Å²) in [4.78, 5) is 45.6. The molecule has 0 aromatic carbocycles. The van der Waals surface area contributed by atoms with Crippen molar-refractivity contribution in [3.8, 4) is 0 Å². The van der Waals surface area contributed by atoms with Gasteiger partial charge in [-0.15, -0.1) is 0 Å². The summed E-state index contributed by atoms with van der Waals surface area (Å²) in [5, 5.41) is 11.9. The van der Waals surface area contributed by atoms with E-state index >= 15 is 0 Å². The highest BCUT2D eigenvalue weighted by Gasteiger charge is 2.36. The maximum absolute atomic E-state index is 11.7. The number of amides is 4. The molecule has 4 aliphatic heterocycles. The van der Waals surface area contributed by atoms with Crippen molar-refractivity contribution in [2.75, 3.05) is 26.2 Å². The van der Waals surface area contributed by atoms with Crippen LogP contribution in [0.1, 0.15) is 171 Å². The van der Waals surface area contributed by atoms with Gasteiger partial charge in [-0.25, -0.2) is 0 Å². The third kappa shape index (κ3) is 13.1. The van der Waals surface area contributed by atoms with Crippen LogP contribution in [0, 0.1) is 47.3 Å². The fourth-order valence-corrected chi connectivity index (χ4v) is 9.95. The van der Waals surface area contributed by atoms with E-state index in [9.17, 15) is 19.2 Å². The van der Waals surface area contributed by atoms with Crippen LogP contribution in [0.5, 0.6) is 0 Å². The van der Waals surface area contributed by atoms with E-state index < -0.39 is 0 Å². The van der Waals surface area contributed by atoms with Gasteiger partial charge in [0.25, 0.3) is 0 Å². The van der Waals surface area contributed by atoms with E-state index in [4.69, 9.17) is 0 Å². The lowest BCUT2D eigenvalue weighted by molar-refractivity contribution is -0.130. The molecule has 8 unspecified atom stereocenters. The Balaban J connectivity index is 0.000000326. The van der Waals surface area contributed by atoms with Gasteiger partial charge in [-0.2, -0.15) is 0 Å². The normalized spacial score (nSPS) is 34.1. The van der Waals surface area contributed by atoms with Gasteiger partial charge in [0.1, 0.15) is 0 Å². The lowest BCUT2D eigenvalue weighted by atomic mass is 9.75. The molecular formula is C42H80N4O4. The first-order chi connectivity index (χ1) is 22.5. The Labute approximate surface area is 308 Å². The van der Waals surface area contributed by atoms with Crippen LogP contribution in [0.2, 0.25) is 0 Å². The first-order valence-corrected chi connectivity index (χ1v) is 19.6. The SMILES string of the molecule is C.C.C.C.O=C1NCC2CCCCC12.O=C1NCCC2CCCCC12.O=C1NCCCC2CCCCC12.O=C1NCCCCC2CCCCC12. The summed E-state index contributed by atoms with van der Waals surface area (Å²) >= 11 is 0. The molecule has 8 fully saturated rings. The average molecular weight is 705 g/mol. The van der Waals surface area contributed by atoms with Gasteiger partial charge in [0.15, 0.2) is 0 Å². The monoisotopic (exact) mass is 705 g/mol. The molecule has 4 saturated carbocycles. The number of fused-ring (bicyclic) bond motifs is 4. The summed E-state index contributed by atoms with van der Waals surface area (Å²) < 4.78 is 0. The number of nitrogens with one attached hydrogen (secondary N) is 4. The third-order valence-electron chi connectivity index (χ3n) is 12.7. The second-order valence-corrected chi connectivity index (χ2v) is 15.6. The largest absolute Gasteiger partial charge is 0.356 e. The summed E-state index contributed by atoms with van der Waals surface area (Å²) in [7, 11) is 0. The summed E-state index contributed by atoms with van der Waals surface area (Å²) in [6, 6.07) is 0. The molecule has 8 heteroatoms. The molecule has 8 nitrogen and oxygen atoms in total. The molecule has 0 aromatic heterocycles.